The van der Waals surface area contributed by atoms with Crippen molar-refractivity contribution in [2.24, 2.45) is 0 Å². The Morgan fingerprint density at radius 2 is 1.95 bits per heavy atom. The molecule has 11 nitrogen and oxygen atoms in total. The molecule has 0 bridgehead atoms. The molecule has 0 unspecified atom stereocenters. The van der Waals surface area contributed by atoms with Crippen molar-refractivity contribution in [3.8, 4) is 22.8 Å². The number of piperazine rings is 1. The molecule has 1 aliphatic rings. The molecule has 6 rings (SSSR count). The molecule has 6 heterocycles. The Kier molecular flexibility index (Phi) is 6.20. The first-order valence-electron chi connectivity index (χ1n) is 12.2. The highest BCUT2D eigenvalue weighted by Gasteiger charge is 2.23. The summed E-state index contributed by atoms with van der Waals surface area (Å²) in [5.41, 5.74) is 3.77. The van der Waals surface area contributed by atoms with Crippen LogP contribution in [0, 0.1) is 0 Å². The van der Waals surface area contributed by atoms with Crippen LogP contribution in [0.2, 0.25) is 0 Å². The van der Waals surface area contributed by atoms with E-state index in [9.17, 15) is 9.18 Å². The zero-order valence-electron chi connectivity index (χ0n) is 20.7. The molecule has 1 saturated heterocycles. The molecule has 5 aromatic heterocycles. The molecule has 1 N–H and O–H groups in total. The second-order valence-corrected chi connectivity index (χ2v) is 8.83. The minimum absolute atomic E-state index is 0.0354. The summed E-state index contributed by atoms with van der Waals surface area (Å²) in [6.07, 6.45) is 6.81. The van der Waals surface area contributed by atoms with Gasteiger partial charge in [0.1, 0.15) is 24.8 Å². The Hall–Kier alpha value is -4.74. The van der Waals surface area contributed by atoms with E-state index in [0.29, 0.717) is 49.0 Å². The standard InChI is InChI=1S/C26H25FN8O3/c1-37-23-5-3-18(14-29-23)26(36)34-9-7-33(8-10-34)22-4-2-17(13-28-22)20-12-19(38-11-6-27)16-35-24(20)21-15-30-31-25(21)32-35/h2-5,12-16H,6-11H2,1H3,(H,31,32). The third-order valence-corrected chi connectivity index (χ3v) is 6.59. The molecule has 5 aromatic rings. The normalized spacial score (nSPS) is 13.8. The summed E-state index contributed by atoms with van der Waals surface area (Å²) in [7, 11) is 1.54. The predicted octanol–water partition coefficient (Wildman–Crippen LogP) is 2.99. The third kappa shape index (κ3) is 4.33. The summed E-state index contributed by atoms with van der Waals surface area (Å²) in [6.45, 7) is 1.87. The fraction of sp³-hybridized carbons (Fsp3) is 0.269. The Morgan fingerprint density at radius 1 is 1.08 bits per heavy atom. The van der Waals surface area contributed by atoms with Crippen LogP contribution in [0.25, 0.3) is 27.7 Å². The highest BCUT2D eigenvalue weighted by Crippen LogP contribution is 2.33. The summed E-state index contributed by atoms with van der Waals surface area (Å²) in [4.78, 5) is 25.7. The van der Waals surface area contributed by atoms with Crippen molar-refractivity contribution in [1.29, 1.82) is 0 Å². The number of hydrogen-bond donors (Lipinski definition) is 1. The molecule has 0 aromatic carbocycles. The van der Waals surface area contributed by atoms with Crippen molar-refractivity contribution < 1.29 is 18.7 Å². The van der Waals surface area contributed by atoms with E-state index < -0.39 is 6.67 Å². The lowest BCUT2D eigenvalue weighted by atomic mass is 10.1. The number of carbonyl (C=O) groups excluding carboxylic acids is 1. The summed E-state index contributed by atoms with van der Waals surface area (Å²) in [6, 6.07) is 9.25. The van der Waals surface area contributed by atoms with E-state index in [0.717, 1.165) is 27.8 Å². The number of alkyl halides is 1. The number of nitrogens with zero attached hydrogens (tertiary/aromatic N) is 7. The maximum atomic E-state index is 12.9. The fourth-order valence-electron chi connectivity index (χ4n) is 4.68. The first-order chi connectivity index (χ1) is 18.6. The van der Waals surface area contributed by atoms with Crippen LogP contribution >= 0.6 is 0 Å². The highest BCUT2D eigenvalue weighted by molar-refractivity contribution is 6.01. The smallest absolute Gasteiger partial charge is 0.255 e. The number of pyridine rings is 3. The summed E-state index contributed by atoms with van der Waals surface area (Å²) < 4.78 is 25.1. The van der Waals surface area contributed by atoms with Gasteiger partial charge in [-0.15, -0.1) is 5.10 Å². The maximum absolute atomic E-state index is 12.9. The van der Waals surface area contributed by atoms with Crippen molar-refractivity contribution >= 4 is 28.3 Å². The number of hydrogen-bond acceptors (Lipinski definition) is 8. The highest BCUT2D eigenvalue weighted by atomic mass is 19.1. The van der Waals surface area contributed by atoms with E-state index in [1.54, 1.807) is 42.3 Å². The number of aromatic amines is 1. The van der Waals surface area contributed by atoms with Crippen LogP contribution in [0.5, 0.6) is 11.6 Å². The van der Waals surface area contributed by atoms with Crippen LogP contribution in [0.4, 0.5) is 10.2 Å². The molecule has 1 amide bonds. The van der Waals surface area contributed by atoms with Gasteiger partial charge in [-0.2, -0.15) is 5.10 Å². The zero-order chi connectivity index (χ0) is 26.1. The van der Waals surface area contributed by atoms with Crippen molar-refractivity contribution in [3.63, 3.8) is 0 Å². The van der Waals surface area contributed by atoms with E-state index in [1.807, 2.05) is 29.3 Å². The Balaban J connectivity index is 1.20. The van der Waals surface area contributed by atoms with Crippen molar-refractivity contribution in [2.75, 3.05) is 51.5 Å². The van der Waals surface area contributed by atoms with Crippen molar-refractivity contribution in [3.05, 3.63) is 60.7 Å². The average molecular weight is 517 g/mol. The van der Waals surface area contributed by atoms with Crippen LogP contribution in [0.15, 0.2) is 55.1 Å². The number of nitrogens with one attached hydrogen (secondary N) is 1. The summed E-state index contributed by atoms with van der Waals surface area (Å²) in [5, 5.41) is 12.4. The van der Waals surface area contributed by atoms with Gasteiger partial charge in [-0.3, -0.25) is 9.89 Å². The van der Waals surface area contributed by atoms with Crippen LogP contribution in [-0.2, 0) is 0 Å². The van der Waals surface area contributed by atoms with E-state index >= 15 is 0 Å². The third-order valence-electron chi connectivity index (χ3n) is 6.59. The molecule has 38 heavy (non-hydrogen) atoms. The van der Waals surface area contributed by atoms with Crippen LogP contribution in [-0.4, -0.2) is 87.2 Å². The SMILES string of the molecule is COc1ccc(C(=O)N2CCN(c3ccc(-c4cc(OCCF)cn5nc6[nH]ncc6c45)cn3)CC2)cn1. The molecule has 1 fully saturated rings. The monoisotopic (exact) mass is 516 g/mol. The minimum Gasteiger partial charge on any atom is -0.489 e. The lowest BCUT2D eigenvalue weighted by Gasteiger charge is -2.35. The molecular formula is C26H25FN8O3. The fourth-order valence-corrected chi connectivity index (χ4v) is 4.68. The molecule has 0 aliphatic carbocycles. The first-order valence-corrected chi connectivity index (χ1v) is 12.2. The number of methoxy groups -OCH3 is 1. The molecule has 0 atom stereocenters. The first kappa shape index (κ1) is 23.6. The van der Waals surface area contributed by atoms with Gasteiger partial charge in [0.15, 0.2) is 5.65 Å². The van der Waals surface area contributed by atoms with Gasteiger partial charge in [-0.1, -0.05) is 0 Å². The largest absolute Gasteiger partial charge is 0.489 e. The van der Waals surface area contributed by atoms with Gasteiger partial charge in [0, 0.05) is 55.8 Å². The number of amides is 1. The molecule has 12 heteroatoms. The molecule has 194 valence electrons. The predicted molar refractivity (Wildman–Crippen MR) is 138 cm³/mol. The number of carbonyl (C=O) groups is 1. The van der Waals surface area contributed by atoms with E-state index in [2.05, 4.69) is 25.2 Å². The van der Waals surface area contributed by atoms with Gasteiger partial charge < -0.3 is 19.3 Å². The molecule has 1 aliphatic heterocycles. The lowest BCUT2D eigenvalue weighted by molar-refractivity contribution is 0.0746. The van der Waals surface area contributed by atoms with E-state index in [1.165, 1.54) is 0 Å². The second kappa shape index (κ2) is 9.96. The maximum Gasteiger partial charge on any atom is 0.255 e. The Labute approximate surface area is 216 Å². The number of fused-ring (bicyclic) bond motifs is 3. The lowest BCUT2D eigenvalue weighted by Crippen LogP contribution is -2.49. The van der Waals surface area contributed by atoms with Crippen LogP contribution < -0.4 is 14.4 Å². The van der Waals surface area contributed by atoms with E-state index in [-0.39, 0.29) is 12.5 Å². The second-order valence-electron chi connectivity index (χ2n) is 8.83. The summed E-state index contributed by atoms with van der Waals surface area (Å²) in [5.74, 6) is 1.77. The van der Waals surface area contributed by atoms with Crippen LogP contribution in [0.3, 0.4) is 0 Å². The van der Waals surface area contributed by atoms with Gasteiger partial charge in [0.2, 0.25) is 5.88 Å². The topological polar surface area (TPSA) is 114 Å². The van der Waals surface area contributed by atoms with Crippen LogP contribution in [0.1, 0.15) is 10.4 Å². The Bertz CT molecular complexity index is 1570. The van der Waals surface area contributed by atoms with Gasteiger partial charge in [0.25, 0.3) is 5.91 Å². The average Bonchev–Trinajstić information content (AvgIpc) is 3.57. The Morgan fingerprint density at radius 3 is 2.66 bits per heavy atom. The molecule has 0 saturated carbocycles. The van der Waals surface area contributed by atoms with Crippen molar-refractivity contribution in [2.45, 2.75) is 0 Å². The number of H-pyrrole nitrogens is 1. The number of halogens is 1. The van der Waals surface area contributed by atoms with Gasteiger partial charge in [-0.25, -0.2) is 18.9 Å². The van der Waals surface area contributed by atoms with Gasteiger partial charge in [0.05, 0.1) is 36.0 Å². The molecular weight excluding hydrogens is 491 g/mol. The number of rotatable bonds is 7. The number of ether oxygens (including phenoxy) is 2. The van der Waals surface area contributed by atoms with Gasteiger partial charge in [-0.05, 0) is 24.3 Å². The zero-order valence-corrected chi connectivity index (χ0v) is 20.7. The van der Waals surface area contributed by atoms with E-state index in [4.69, 9.17) is 14.5 Å². The van der Waals surface area contributed by atoms with Crippen molar-refractivity contribution in [1.82, 2.24) is 34.7 Å². The summed E-state index contributed by atoms with van der Waals surface area (Å²) >= 11 is 0. The number of aromatic nitrogens is 6. The quantitative estimate of drug-likeness (QED) is 0.351. The molecule has 0 radical (unpaired) electrons. The van der Waals surface area contributed by atoms with Gasteiger partial charge >= 0.3 is 0 Å². The molecule has 0 spiro atoms. The minimum atomic E-state index is -0.580. The number of anilines is 1.